The van der Waals surface area contributed by atoms with Crippen LogP contribution in [0.4, 0.5) is 11.4 Å². The maximum Gasteiger partial charge on any atom is 0.336 e. The fraction of sp³-hybridized carbons (Fsp3) is 0.450. The molecular weight excluding hydrogens is 1000 g/mol. The van der Waals surface area contributed by atoms with Crippen LogP contribution in [0.25, 0.3) is 0 Å². The number of anilines is 1. The molecule has 8 N–H and O–H groups in total. The zero-order valence-electron chi connectivity index (χ0n) is 36.9. The second-order valence-electron chi connectivity index (χ2n) is 16.6. The van der Waals surface area contributed by atoms with Gasteiger partial charge in [-0.05, 0) is 64.3 Å². The van der Waals surface area contributed by atoms with Crippen LogP contribution in [-0.4, -0.2) is 153 Å². The molecule has 2 aliphatic rings. The van der Waals surface area contributed by atoms with Gasteiger partial charge in [0, 0.05) is 71.7 Å². The normalized spacial score (nSPS) is 18.1. The maximum atomic E-state index is 14.0. The predicted octanol–water partition coefficient (Wildman–Crippen LogP) is 1.99. The molecular formula is C40H53N4O19S5+. The average Bonchev–Trinajstić information content (AvgIpc) is 3.54. The minimum absolute atomic E-state index is 0.00403. The summed E-state index contributed by atoms with van der Waals surface area (Å²) in [5.41, 5.74) is -1.14. The van der Waals surface area contributed by atoms with Crippen LogP contribution in [0.3, 0.4) is 0 Å². The van der Waals surface area contributed by atoms with Gasteiger partial charge < -0.3 is 20.6 Å². The molecule has 23 nitrogen and oxygen atoms in total. The Labute approximate surface area is 394 Å². The standard InChI is InChI=1S/C40H52N4O19S5/c1-39(2)32(43(18-9-21-65(52,53)54)30-12-7-11-28(34(30)39)38(47)48)13-5-4-6-14-33-40(3,15-8-20-64(49,50)51)35-29(37(46)42-17-24-68(61,62)63)25-27(36(45)41-16-23-67(58,59)60)26-31(35)44(33)19-10-22-66(55,56)57/h4-7,11-14,25-26H,8-10,15-24H2,1-3H3,(H7-,41,42,45,46,47,48,49,50,51,52,53,54,55,56,57,58,59,60,61,62,63)/p+1. The van der Waals surface area contributed by atoms with Gasteiger partial charge in [0.1, 0.15) is 6.54 Å². The smallest absolute Gasteiger partial charge is 0.336 e. The number of benzene rings is 2. The third-order valence-corrected chi connectivity index (χ3v) is 15.0. The van der Waals surface area contributed by atoms with Crippen molar-refractivity contribution in [2.24, 2.45) is 0 Å². The summed E-state index contributed by atoms with van der Waals surface area (Å²) in [6.45, 7) is 3.69. The third-order valence-electron chi connectivity index (χ3n) is 11.1. The van der Waals surface area contributed by atoms with Crippen molar-refractivity contribution in [1.82, 2.24) is 10.6 Å². The number of hydrogen-bond acceptors (Lipinski definition) is 14. The predicted molar refractivity (Wildman–Crippen MR) is 249 cm³/mol. The number of nitrogens with one attached hydrogen (secondary N) is 2. The van der Waals surface area contributed by atoms with Crippen LogP contribution in [0.5, 0.6) is 0 Å². The molecule has 2 aromatic carbocycles. The lowest BCUT2D eigenvalue weighted by molar-refractivity contribution is -0.437. The number of carbonyl (C=O) groups excluding carboxylic acids is 2. The summed E-state index contributed by atoms with van der Waals surface area (Å²) in [5, 5.41) is 14.7. The van der Waals surface area contributed by atoms with E-state index >= 15 is 0 Å². The molecule has 2 aromatic rings. The molecule has 0 aliphatic carbocycles. The quantitative estimate of drug-likeness (QED) is 0.0423. The molecule has 2 aliphatic heterocycles. The van der Waals surface area contributed by atoms with Crippen molar-refractivity contribution in [3.8, 4) is 0 Å². The molecule has 376 valence electrons. The molecule has 0 radical (unpaired) electrons. The molecule has 0 fully saturated rings. The SMILES string of the molecule is CC1(C)C(C=CC=CC=C2N(CCCS(=O)(=O)O)c3cc(C(=O)NCCS(=O)(=O)O)cc(C(=O)NCCS(=O)(=O)O)c3C2(C)CCCS(=O)(=O)O)=[N+](CCCS(=O)(=O)O)c2cccc(C(=O)O)c21. The van der Waals surface area contributed by atoms with E-state index in [9.17, 15) is 84.3 Å². The Morgan fingerprint density at radius 3 is 1.76 bits per heavy atom. The lowest BCUT2D eigenvalue weighted by atomic mass is 9.75. The van der Waals surface area contributed by atoms with Crippen molar-refractivity contribution in [1.29, 1.82) is 0 Å². The Kier molecular flexibility index (Phi) is 17.5. The van der Waals surface area contributed by atoms with Gasteiger partial charge in [0.2, 0.25) is 5.69 Å². The van der Waals surface area contributed by atoms with Crippen LogP contribution < -0.4 is 15.5 Å². The number of carboxylic acids is 1. The largest absolute Gasteiger partial charge is 0.478 e. The van der Waals surface area contributed by atoms with Crippen LogP contribution >= 0.6 is 0 Å². The number of carboxylic acid groups (broad SMARTS) is 1. The van der Waals surface area contributed by atoms with Gasteiger partial charge in [-0.2, -0.15) is 46.7 Å². The molecule has 1 unspecified atom stereocenters. The average molecular weight is 1050 g/mol. The van der Waals surface area contributed by atoms with Crippen LogP contribution in [-0.2, 0) is 61.4 Å². The molecule has 0 saturated carbocycles. The van der Waals surface area contributed by atoms with Crippen molar-refractivity contribution in [2.75, 3.05) is 59.8 Å². The van der Waals surface area contributed by atoms with Crippen LogP contribution in [0.1, 0.15) is 88.7 Å². The van der Waals surface area contributed by atoms with Crippen LogP contribution in [0, 0.1) is 0 Å². The Morgan fingerprint density at radius 2 is 1.21 bits per heavy atom. The maximum absolute atomic E-state index is 14.0. The second-order valence-corrected chi connectivity index (χ2v) is 24.5. The molecule has 0 bridgehead atoms. The lowest BCUT2D eigenvalue weighted by Crippen LogP contribution is -2.33. The molecule has 4 rings (SSSR count). The highest BCUT2D eigenvalue weighted by atomic mass is 32.2. The first-order valence-electron chi connectivity index (χ1n) is 20.5. The number of nitrogens with zero attached hydrogens (tertiary/aromatic N) is 2. The fourth-order valence-electron chi connectivity index (χ4n) is 8.35. The van der Waals surface area contributed by atoms with Gasteiger partial charge in [-0.15, -0.1) is 0 Å². The van der Waals surface area contributed by atoms with Crippen molar-refractivity contribution in [2.45, 2.75) is 57.3 Å². The highest BCUT2D eigenvalue weighted by Gasteiger charge is 2.48. The van der Waals surface area contributed by atoms with E-state index in [0.717, 1.165) is 6.07 Å². The van der Waals surface area contributed by atoms with E-state index < -0.39 is 121 Å². The molecule has 0 spiro atoms. The van der Waals surface area contributed by atoms with Gasteiger partial charge in [-0.1, -0.05) is 24.3 Å². The van der Waals surface area contributed by atoms with Crippen molar-refractivity contribution in [3.05, 3.63) is 94.2 Å². The first-order chi connectivity index (χ1) is 31.2. The number of aromatic carboxylic acids is 1. The summed E-state index contributed by atoms with van der Waals surface area (Å²) in [4.78, 5) is 41.4. The van der Waals surface area contributed by atoms with Gasteiger partial charge in [0.25, 0.3) is 62.4 Å². The fourth-order valence-corrected chi connectivity index (χ4v) is 10.6. The zero-order valence-corrected chi connectivity index (χ0v) is 41.0. The number of amides is 2. The first-order valence-corrected chi connectivity index (χ1v) is 28.6. The Morgan fingerprint density at radius 1 is 0.662 bits per heavy atom. The van der Waals surface area contributed by atoms with Gasteiger partial charge in [-0.3, -0.25) is 32.4 Å². The summed E-state index contributed by atoms with van der Waals surface area (Å²) >= 11 is 0. The molecule has 2 heterocycles. The molecule has 0 saturated heterocycles. The van der Waals surface area contributed by atoms with E-state index in [-0.39, 0.29) is 72.4 Å². The van der Waals surface area contributed by atoms with E-state index in [2.05, 4.69) is 10.6 Å². The molecule has 1 atom stereocenters. The minimum Gasteiger partial charge on any atom is -0.478 e. The summed E-state index contributed by atoms with van der Waals surface area (Å²) < 4.78 is 166. The Hall–Kier alpha value is -4.91. The topological polar surface area (TPSA) is 374 Å². The van der Waals surface area contributed by atoms with E-state index in [1.807, 2.05) is 0 Å². The summed E-state index contributed by atoms with van der Waals surface area (Å²) in [7, 11) is -22.6. The zero-order chi connectivity index (χ0) is 51.3. The van der Waals surface area contributed by atoms with Crippen LogP contribution in [0.2, 0.25) is 0 Å². The summed E-state index contributed by atoms with van der Waals surface area (Å²) in [6, 6.07) is 6.99. The van der Waals surface area contributed by atoms with Crippen molar-refractivity contribution < 1.29 is 88.9 Å². The lowest BCUT2D eigenvalue weighted by Gasteiger charge is -2.31. The van der Waals surface area contributed by atoms with Gasteiger partial charge in [0.05, 0.1) is 45.3 Å². The molecule has 68 heavy (non-hydrogen) atoms. The summed E-state index contributed by atoms with van der Waals surface area (Å²) in [5.74, 6) is -7.11. The third kappa shape index (κ3) is 15.0. The summed E-state index contributed by atoms with van der Waals surface area (Å²) in [6.07, 6.45) is 7.04. The number of fused-ring (bicyclic) bond motifs is 2. The molecule has 2 amide bonds. The van der Waals surface area contributed by atoms with Gasteiger partial charge >= 0.3 is 5.97 Å². The van der Waals surface area contributed by atoms with Gasteiger partial charge in [-0.25, -0.2) is 4.79 Å². The molecule has 28 heteroatoms. The highest BCUT2D eigenvalue weighted by molar-refractivity contribution is 7.86. The van der Waals surface area contributed by atoms with Crippen molar-refractivity contribution >= 4 is 85.5 Å². The van der Waals surface area contributed by atoms with E-state index in [1.165, 1.54) is 41.3 Å². The van der Waals surface area contributed by atoms with E-state index in [0.29, 0.717) is 17.0 Å². The first kappa shape index (κ1) is 55.7. The minimum atomic E-state index is -4.59. The van der Waals surface area contributed by atoms with Crippen LogP contribution in [0.15, 0.2) is 66.4 Å². The Bertz CT molecular complexity index is 3030. The monoisotopic (exact) mass is 1050 g/mol. The number of hydrogen-bond donors (Lipinski definition) is 8. The van der Waals surface area contributed by atoms with Gasteiger partial charge in [0.15, 0.2) is 5.71 Å². The number of carbonyl (C=O) groups is 3. The van der Waals surface area contributed by atoms with Crippen molar-refractivity contribution in [3.63, 3.8) is 0 Å². The number of allylic oxidation sites excluding steroid dienone is 6. The highest BCUT2D eigenvalue weighted by Crippen LogP contribution is 2.53. The second kappa shape index (κ2) is 21.4. The van der Waals surface area contributed by atoms with E-state index in [4.69, 9.17) is 0 Å². The molecule has 0 aromatic heterocycles. The Balaban J connectivity index is 1.95. The van der Waals surface area contributed by atoms with E-state index in [1.54, 1.807) is 43.6 Å². The number of rotatable bonds is 24.